The Morgan fingerprint density at radius 1 is 1.21 bits per heavy atom. The van der Waals surface area contributed by atoms with Crippen LogP contribution in [0.25, 0.3) is 22.4 Å². The van der Waals surface area contributed by atoms with Gasteiger partial charge in [0.15, 0.2) is 0 Å². The lowest BCUT2D eigenvalue weighted by atomic mass is 10.0. The Hall–Kier alpha value is -2.88. The molecule has 2 aromatic carbocycles. The van der Waals surface area contributed by atoms with Crippen LogP contribution in [0.15, 0.2) is 60.7 Å². The fourth-order valence-electron chi connectivity index (χ4n) is 3.15. The fraction of sp³-hybridized carbons (Fsp3) is 0.200. The van der Waals surface area contributed by atoms with E-state index >= 15 is 0 Å². The molecule has 0 saturated carbocycles. The zero-order chi connectivity index (χ0) is 16.4. The van der Waals surface area contributed by atoms with E-state index in [4.69, 9.17) is 0 Å². The van der Waals surface area contributed by atoms with Gasteiger partial charge in [0.2, 0.25) is 5.91 Å². The summed E-state index contributed by atoms with van der Waals surface area (Å²) >= 11 is 0. The van der Waals surface area contributed by atoms with Crippen LogP contribution in [0, 0.1) is 5.92 Å². The van der Waals surface area contributed by atoms with Gasteiger partial charge in [-0.05, 0) is 43.0 Å². The highest BCUT2D eigenvalue weighted by molar-refractivity contribution is 5.91. The van der Waals surface area contributed by atoms with Crippen molar-refractivity contribution >= 4 is 22.6 Å². The highest BCUT2D eigenvalue weighted by Crippen LogP contribution is 2.24. The largest absolute Gasteiger partial charge is 0.338 e. The molecule has 1 aliphatic carbocycles. The Bertz CT molecular complexity index is 877. The molecule has 1 aliphatic rings. The summed E-state index contributed by atoms with van der Waals surface area (Å²) in [5.41, 5.74) is 3.72. The van der Waals surface area contributed by atoms with Gasteiger partial charge in [-0.3, -0.25) is 4.79 Å². The predicted molar refractivity (Wildman–Crippen MR) is 96.6 cm³/mol. The van der Waals surface area contributed by atoms with Gasteiger partial charge in [-0.25, -0.2) is 4.98 Å². The first-order valence-electron chi connectivity index (χ1n) is 8.30. The number of nitrogens with one attached hydrogen (secondary N) is 2. The van der Waals surface area contributed by atoms with Crippen LogP contribution in [0.5, 0.6) is 0 Å². The first kappa shape index (κ1) is 14.7. The Morgan fingerprint density at radius 3 is 2.96 bits per heavy atom. The lowest BCUT2D eigenvalue weighted by Crippen LogP contribution is -2.14. The molecule has 3 aromatic rings. The van der Waals surface area contributed by atoms with Crippen LogP contribution >= 0.6 is 0 Å². The molecule has 4 rings (SSSR count). The number of aromatic amines is 1. The SMILES string of the molecule is O=C(C[C@H]1C=CCC1)Nc1cccc(-c2nc3ccccc3[nH]2)c1. The van der Waals surface area contributed by atoms with Gasteiger partial charge in [0.25, 0.3) is 0 Å². The van der Waals surface area contributed by atoms with Gasteiger partial charge in [0, 0.05) is 17.7 Å². The van der Waals surface area contributed by atoms with Crippen molar-refractivity contribution in [2.75, 3.05) is 5.32 Å². The smallest absolute Gasteiger partial charge is 0.224 e. The van der Waals surface area contributed by atoms with Crippen LogP contribution in [0.3, 0.4) is 0 Å². The first-order valence-corrected chi connectivity index (χ1v) is 8.30. The van der Waals surface area contributed by atoms with Crippen LogP contribution in [0.4, 0.5) is 5.69 Å². The normalized spacial score (nSPS) is 16.6. The molecule has 2 N–H and O–H groups in total. The minimum Gasteiger partial charge on any atom is -0.338 e. The molecule has 0 radical (unpaired) electrons. The Labute approximate surface area is 140 Å². The number of carbonyl (C=O) groups is 1. The molecule has 0 saturated heterocycles. The van der Waals surface area contributed by atoms with Crippen molar-refractivity contribution in [2.45, 2.75) is 19.3 Å². The lowest BCUT2D eigenvalue weighted by molar-refractivity contribution is -0.116. The molecule has 1 aromatic heterocycles. The van der Waals surface area contributed by atoms with E-state index in [-0.39, 0.29) is 5.91 Å². The van der Waals surface area contributed by atoms with Crippen molar-refractivity contribution in [3.8, 4) is 11.4 Å². The van der Waals surface area contributed by atoms with Gasteiger partial charge in [0.1, 0.15) is 5.82 Å². The van der Waals surface area contributed by atoms with Crippen LogP contribution in [-0.2, 0) is 4.79 Å². The summed E-state index contributed by atoms with van der Waals surface area (Å²) in [6.45, 7) is 0. The molecular formula is C20H19N3O. The molecule has 4 nitrogen and oxygen atoms in total. The molecular weight excluding hydrogens is 298 g/mol. The number of H-pyrrole nitrogens is 1. The maximum atomic E-state index is 12.2. The maximum Gasteiger partial charge on any atom is 0.224 e. The highest BCUT2D eigenvalue weighted by atomic mass is 16.1. The molecule has 1 amide bonds. The number of para-hydroxylation sites is 2. The summed E-state index contributed by atoms with van der Waals surface area (Å²) in [5.74, 6) is 1.25. The number of benzene rings is 2. The Morgan fingerprint density at radius 2 is 2.12 bits per heavy atom. The number of hydrogen-bond donors (Lipinski definition) is 2. The minimum atomic E-state index is 0.0632. The number of fused-ring (bicyclic) bond motifs is 1. The van der Waals surface area contributed by atoms with E-state index < -0.39 is 0 Å². The lowest BCUT2D eigenvalue weighted by Gasteiger charge is -2.09. The minimum absolute atomic E-state index is 0.0632. The number of carbonyl (C=O) groups excluding carboxylic acids is 1. The van der Waals surface area contributed by atoms with E-state index in [0.717, 1.165) is 41.0 Å². The number of rotatable bonds is 4. The van der Waals surface area contributed by atoms with Crippen LogP contribution in [0.1, 0.15) is 19.3 Å². The number of hydrogen-bond acceptors (Lipinski definition) is 2. The third kappa shape index (κ3) is 3.08. The van der Waals surface area contributed by atoms with Crippen molar-refractivity contribution in [2.24, 2.45) is 5.92 Å². The molecule has 24 heavy (non-hydrogen) atoms. The summed E-state index contributed by atoms with van der Waals surface area (Å²) < 4.78 is 0. The van der Waals surface area contributed by atoms with Crippen LogP contribution < -0.4 is 5.32 Å². The zero-order valence-electron chi connectivity index (χ0n) is 13.3. The Kier molecular flexibility index (Phi) is 3.87. The average molecular weight is 317 g/mol. The predicted octanol–water partition coefficient (Wildman–Crippen LogP) is 4.52. The van der Waals surface area contributed by atoms with Crippen LogP contribution in [0.2, 0.25) is 0 Å². The molecule has 0 bridgehead atoms. The summed E-state index contributed by atoms with van der Waals surface area (Å²) in [5, 5.41) is 3.00. The number of nitrogens with zero attached hydrogens (tertiary/aromatic N) is 1. The Balaban J connectivity index is 1.52. The quantitative estimate of drug-likeness (QED) is 0.695. The molecule has 0 fully saturated rings. The van der Waals surface area contributed by atoms with Crippen molar-refractivity contribution in [3.05, 3.63) is 60.7 Å². The average Bonchev–Trinajstić information content (AvgIpc) is 3.24. The van der Waals surface area contributed by atoms with Crippen molar-refractivity contribution in [1.82, 2.24) is 9.97 Å². The number of aromatic nitrogens is 2. The maximum absolute atomic E-state index is 12.2. The molecule has 4 heteroatoms. The van der Waals surface area contributed by atoms with Gasteiger partial charge >= 0.3 is 0 Å². The second-order valence-electron chi connectivity index (χ2n) is 6.20. The molecule has 0 unspecified atom stereocenters. The topological polar surface area (TPSA) is 57.8 Å². The second-order valence-corrected chi connectivity index (χ2v) is 6.20. The van der Waals surface area contributed by atoms with Gasteiger partial charge in [0.05, 0.1) is 11.0 Å². The third-order valence-electron chi connectivity index (χ3n) is 4.37. The van der Waals surface area contributed by atoms with Crippen molar-refractivity contribution in [3.63, 3.8) is 0 Å². The molecule has 0 aliphatic heterocycles. The molecule has 1 heterocycles. The van der Waals surface area contributed by atoms with E-state index in [0.29, 0.717) is 12.3 Å². The van der Waals surface area contributed by atoms with Gasteiger partial charge in [-0.15, -0.1) is 0 Å². The zero-order valence-corrected chi connectivity index (χ0v) is 13.3. The molecule has 1 atom stereocenters. The van der Waals surface area contributed by atoms with E-state index in [1.807, 2.05) is 48.5 Å². The first-order chi connectivity index (χ1) is 11.8. The van der Waals surface area contributed by atoms with E-state index in [2.05, 4.69) is 27.4 Å². The van der Waals surface area contributed by atoms with E-state index in [9.17, 15) is 4.79 Å². The monoisotopic (exact) mass is 317 g/mol. The number of imidazole rings is 1. The number of amides is 1. The summed E-state index contributed by atoms with van der Waals surface area (Å²) in [6.07, 6.45) is 7.00. The summed E-state index contributed by atoms with van der Waals surface area (Å²) in [7, 11) is 0. The van der Waals surface area contributed by atoms with Gasteiger partial charge in [-0.2, -0.15) is 0 Å². The highest BCUT2D eigenvalue weighted by Gasteiger charge is 2.14. The summed E-state index contributed by atoms with van der Waals surface area (Å²) in [4.78, 5) is 20.1. The second kappa shape index (κ2) is 6.32. The third-order valence-corrected chi connectivity index (χ3v) is 4.37. The number of anilines is 1. The number of allylic oxidation sites excluding steroid dienone is 2. The van der Waals surface area contributed by atoms with E-state index in [1.165, 1.54) is 0 Å². The molecule has 0 spiro atoms. The fourth-order valence-corrected chi connectivity index (χ4v) is 3.15. The van der Waals surface area contributed by atoms with Crippen molar-refractivity contribution < 1.29 is 4.79 Å². The van der Waals surface area contributed by atoms with Crippen molar-refractivity contribution in [1.29, 1.82) is 0 Å². The standard InChI is InChI=1S/C20H19N3O/c24-19(12-14-6-1-2-7-14)21-16-9-5-8-15(13-16)20-22-17-10-3-4-11-18(17)23-20/h1,3-6,8-11,13-14H,2,7,12H2,(H,21,24)(H,22,23)/t14-/m0/s1. The van der Waals surface area contributed by atoms with Gasteiger partial charge in [-0.1, -0.05) is 36.4 Å². The van der Waals surface area contributed by atoms with Crippen LogP contribution in [-0.4, -0.2) is 15.9 Å². The summed E-state index contributed by atoms with van der Waals surface area (Å²) in [6, 6.07) is 15.7. The molecule has 120 valence electrons. The van der Waals surface area contributed by atoms with E-state index in [1.54, 1.807) is 0 Å². The van der Waals surface area contributed by atoms with Gasteiger partial charge < -0.3 is 10.3 Å².